The summed E-state index contributed by atoms with van der Waals surface area (Å²) in [5.41, 5.74) is 0.978. The van der Waals surface area contributed by atoms with E-state index in [0.29, 0.717) is 0 Å². The maximum absolute atomic E-state index is 12.1. The summed E-state index contributed by atoms with van der Waals surface area (Å²) in [7, 11) is 3.79. The third-order valence-corrected chi connectivity index (χ3v) is 4.14. The van der Waals surface area contributed by atoms with Crippen molar-refractivity contribution in [3.8, 4) is 5.75 Å². The van der Waals surface area contributed by atoms with Crippen LogP contribution in [0.15, 0.2) is 28.7 Å². The molecule has 1 aliphatic rings. The molecule has 1 aliphatic heterocycles. The summed E-state index contributed by atoms with van der Waals surface area (Å²) in [5, 5.41) is 0. The van der Waals surface area contributed by atoms with Crippen molar-refractivity contribution >= 4 is 27.9 Å². The van der Waals surface area contributed by atoms with Crippen LogP contribution in [0.25, 0.3) is 6.08 Å². The van der Waals surface area contributed by atoms with Crippen LogP contribution in [0.5, 0.6) is 5.75 Å². The van der Waals surface area contributed by atoms with Crippen molar-refractivity contribution in [2.75, 3.05) is 40.3 Å². The fourth-order valence-corrected chi connectivity index (χ4v) is 2.73. The lowest BCUT2D eigenvalue weighted by Gasteiger charge is -2.29. The number of quaternary nitrogens is 1. The number of hydrogen-bond acceptors (Lipinski definition) is 2. The summed E-state index contributed by atoms with van der Waals surface area (Å²) < 4.78 is 6.07. The summed E-state index contributed by atoms with van der Waals surface area (Å²) >= 11 is 3.44. The molecule has 4 nitrogen and oxygen atoms in total. The Bertz CT molecular complexity index is 509. The smallest absolute Gasteiger partial charge is 0.246 e. The number of carbonyl (C=O) groups is 1. The van der Waals surface area contributed by atoms with Gasteiger partial charge in [0.25, 0.3) is 0 Å². The molecule has 0 bridgehead atoms. The molecule has 108 valence electrons. The average Bonchev–Trinajstić information content (AvgIpc) is 2.45. The van der Waals surface area contributed by atoms with Gasteiger partial charge in [0.15, 0.2) is 0 Å². The highest BCUT2D eigenvalue weighted by atomic mass is 79.9. The minimum absolute atomic E-state index is 0.0874. The predicted molar refractivity (Wildman–Crippen MR) is 82.9 cm³/mol. The van der Waals surface area contributed by atoms with Gasteiger partial charge in [-0.2, -0.15) is 0 Å². The molecule has 20 heavy (non-hydrogen) atoms. The SMILES string of the molecule is COc1ccc(C=CC(=O)N2CC[NH+](C)CC2)cc1Br. The molecular weight excluding hydrogens is 320 g/mol. The maximum Gasteiger partial charge on any atom is 0.246 e. The zero-order valence-corrected chi connectivity index (χ0v) is 13.4. The van der Waals surface area contributed by atoms with Crippen molar-refractivity contribution in [1.82, 2.24) is 4.90 Å². The second kappa shape index (κ2) is 6.90. The molecule has 1 heterocycles. The quantitative estimate of drug-likeness (QED) is 0.827. The molecule has 0 unspecified atom stereocenters. The third-order valence-electron chi connectivity index (χ3n) is 3.52. The van der Waals surface area contributed by atoms with E-state index in [2.05, 4.69) is 23.0 Å². The first-order valence-electron chi connectivity index (χ1n) is 6.72. The molecule has 0 spiro atoms. The Morgan fingerprint density at radius 2 is 2.10 bits per heavy atom. The lowest BCUT2D eigenvalue weighted by Crippen LogP contribution is -3.12. The molecule has 1 saturated heterocycles. The van der Waals surface area contributed by atoms with E-state index in [4.69, 9.17) is 4.74 Å². The van der Waals surface area contributed by atoms with Gasteiger partial charge in [-0.05, 0) is 39.7 Å². The minimum Gasteiger partial charge on any atom is -0.496 e. The highest BCUT2D eigenvalue weighted by Gasteiger charge is 2.19. The molecule has 0 aromatic heterocycles. The molecule has 0 saturated carbocycles. The number of benzene rings is 1. The van der Waals surface area contributed by atoms with E-state index in [9.17, 15) is 4.79 Å². The summed E-state index contributed by atoms with van der Waals surface area (Å²) in [6, 6.07) is 5.76. The number of nitrogens with zero attached hydrogens (tertiary/aromatic N) is 1. The third kappa shape index (κ3) is 3.84. The van der Waals surface area contributed by atoms with E-state index in [1.165, 1.54) is 4.90 Å². The number of halogens is 1. The number of carbonyl (C=O) groups excluding carboxylic acids is 1. The minimum atomic E-state index is 0.0874. The van der Waals surface area contributed by atoms with Gasteiger partial charge in [0.2, 0.25) is 5.91 Å². The second-order valence-corrected chi connectivity index (χ2v) is 5.86. The van der Waals surface area contributed by atoms with Crippen molar-refractivity contribution in [3.63, 3.8) is 0 Å². The summed E-state index contributed by atoms with van der Waals surface area (Å²) in [6.45, 7) is 3.71. The van der Waals surface area contributed by atoms with Gasteiger partial charge >= 0.3 is 0 Å². The Kier molecular flexibility index (Phi) is 5.20. The average molecular weight is 340 g/mol. The molecule has 1 amide bonds. The number of piperazine rings is 1. The largest absolute Gasteiger partial charge is 0.496 e. The first-order valence-corrected chi connectivity index (χ1v) is 7.51. The molecule has 0 atom stereocenters. The van der Waals surface area contributed by atoms with Crippen LogP contribution in [0.4, 0.5) is 0 Å². The Balaban J connectivity index is 1.98. The van der Waals surface area contributed by atoms with Crippen LogP contribution < -0.4 is 9.64 Å². The van der Waals surface area contributed by atoms with Crippen LogP contribution in [0.3, 0.4) is 0 Å². The van der Waals surface area contributed by atoms with E-state index < -0.39 is 0 Å². The summed E-state index contributed by atoms with van der Waals surface area (Å²) in [4.78, 5) is 15.5. The lowest BCUT2D eigenvalue weighted by atomic mass is 10.2. The molecular formula is C15H20BrN2O2+. The summed E-state index contributed by atoms with van der Waals surface area (Å²) in [5.74, 6) is 0.875. The van der Waals surface area contributed by atoms with Gasteiger partial charge in [-0.25, -0.2) is 0 Å². The number of nitrogens with one attached hydrogen (secondary N) is 1. The zero-order chi connectivity index (χ0) is 14.5. The van der Waals surface area contributed by atoms with E-state index in [1.54, 1.807) is 13.2 Å². The van der Waals surface area contributed by atoms with E-state index in [0.717, 1.165) is 42.0 Å². The van der Waals surface area contributed by atoms with E-state index in [1.807, 2.05) is 29.2 Å². The van der Waals surface area contributed by atoms with Crippen LogP contribution in [-0.2, 0) is 4.79 Å². The number of rotatable bonds is 3. The van der Waals surface area contributed by atoms with E-state index >= 15 is 0 Å². The molecule has 0 aliphatic carbocycles. The van der Waals surface area contributed by atoms with Crippen LogP contribution in [0.1, 0.15) is 5.56 Å². The van der Waals surface area contributed by atoms with Crippen molar-refractivity contribution in [3.05, 3.63) is 34.3 Å². The highest BCUT2D eigenvalue weighted by Crippen LogP contribution is 2.25. The molecule has 2 rings (SSSR count). The molecule has 0 radical (unpaired) electrons. The van der Waals surface area contributed by atoms with Gasteiger partial charge in [-0.3, -0.25) is 4.79 Å². The van der Waals surface area contributed by atoms with Gasteiger partial charge in [0.05, 0.1) is 44.8 Å². The fraction of sp³-hybridized carbons (Fsp3) is 0.400. The zero-order valence-electron chi connectivity index (χ0n) is 11.9. The maximum atomic E-state index is 12.1. The van der Waals surface area contributed by atoms with Gasteiger partial charge in [0.1, 0.15) is 5.75 Å². The molecule has 1 aromatic rings. The first kappa shape index (κ1) is 15.1. The van der Waals surface area contributed by atoms with Gasteiger partial charge in [0, 0.05) is 6.08 Å². The van der Waals surface area contributed by atoms with E-state index in [-0.39, 0.29) is 5.91 Å². The van der Waals surface area contributed by atoms with Crippen LogP contribution >= 0.6 is 15.9 Å². The standard InChI is InChI=1S/C15H19BrN2O2/c1-17-7-9-18(10-8-17)15(19)6-4-12-3-5-14(20-2)13(16)11-12/h3-6,11H,7-10H2,1-2H3/p+1. The summed E-state index contributed by atoms with van der Waals surface area (Å²) in [6.07, 6.45) is 3.49. The molecule has 1 fully saturated rings. The number of hydrogen-bond donors (Lipinski definition) is 1. The number of amides is 1. The van der Waals surface area contributed by atoms with Gasteiger partial charge in [-0.15, -0.1) is 0 Å². The number of likely N-dealkylation sites (N-methyl/N-ethyl adjacent to an activating group) is 1. The predicted octanol–water partition coefficient (Wildman–Crippen LogP) is 0.828. The Morgan fingerprint density at radius 3 is 2.70 bits per heavy atom. The fourth-order valence-electron chi connectivity index (χ4n) is 2.17. The molecule has 5 heteroatoms. The first-order chi connectivity index (χ1) is 9.60. The van der Waals surface area contributed by atoms with Crippen molar-refractivity contribution < 1.29 is 14.4 Å². The molecule has 1 aromatic carbocycles. The second-order valence-electron chi connectivity index (χ2n) is 5.01. The van der Waals surface area contributed by atoms with Gasteiger partial charge in [-0.1, -0.05) is 6.07 Å². The van der Waals surface area contributed by atoms with Gasteiger partial charge < -0.3 is 14.5 Å². The molecule has 1 N–H and O–H groups in total. The van der Waals surface area contributed by atoms with Crippen molar-refractivity contribution in [2.45, 2.75) is 0 Å². The van der Waals surface area contributed by atoms with Crippen molar-refractivity contribution in [2.24, 2.45) is 0 Å². The Labute approximate surface area is 128 Å². The monoisotopic (exact) mass is 339 g/mol. The van der Waals surface area contributed by atoms with Crippen LogP contribution in [0.2, 0.25) is 0 Å². The Hall–Kier alpha value is -1.33. The van der Waals surface area contributed by atoms with Crippen LogP contribution in [-0.4, -0.2) is 51.1 Å². The van der Waals surface area contributed by atoms with Crippen molar-refractivity contribution in [1.29, 1.82) is 0 Å². The normalized spacial score (nSPS) is 16.6. The number of ether oxygens (including phenoxy) is 1. The highest BCUT2D eigenvalue weighted by molar-refractivity contribution is 9.10. The topological polar surface area (TPSA) is 34.0 Å². The van der Waals surface area contributed by atoms with Crippen LogP contribution in [0, 0.1) is 0 Å². The lowest BCUT2D eigenvalue weighted by molar-refractivity contribution is -0.883. The Morgan fingerprint density at radius 1 is 1.40 bits per heavy atom. The number of methoxy groups -OCH3 is 1.